The standard InChI is InChI=1S/C19H30NO8P/c1-25-18-8-7-15(11-19(18)26-2)28-17-6-4-3-5-16(17)20(10-9-14(21)12-20)13-27-29(22,23)24/h7-8,11,14,16-17,21H,3-6,9-10,12-13H2,1-2H3,(H-,22,23,24)/p+1/t14-,16+,17+,20+/m1/s1. The minimum absolute atomic E-state index is 0.0273. The minimum atomic E-state index is -4.61. The molecule has 2 aliphatic rings. The van der Waals surface area contributed by atoms with Gasteiger partial charge >= 0.3 is 7.82 Å². The van der Waals surface area contributed by atoms with E-state index in [0.717, 1.165) is 25.7 Å². The Morgan fingerprint density at radius 1 is 1.10 bits per heavy atom. The Kier molecular flexibility index (Phi) is 7.09. The monoisotopic (exact) mass is 432 g/mol. The number of aliphatic hydroxyl groups is 1. The van der Waals surface area contributed by atoms with Crippen LogP contribution < -0.4 is 14.2 Å². The fourth-order valence-corrected chi connectivity index (χ4v) is 5.00. The molecular weight excluding hydrogens is 401 g/mol. The molecule has 0 aromatic heterocycles. The third kappa shape index (κ3) is 5.42. The van der Waals surface area contributed by atoms with Gasteiger partial charge in [-0.15, -0.1) is 0 Å². The summed E-state index contributed by atoms with van der Waals surface area (Å²) in [5.74, 6) is 1.83. The Labute approximate surface area is 171 Å². The first-order valence-corrected chi connectivity index (χ1v) is 11.4. The molecule has 1 aliphatic heterocycles. The van der Waals surface area contributed by atoms with Crippen LogP contribution in [0.1, 0.15) is 32.1 Å². The van der Waals surface area contributed by atoms with Crippen LogP contribution in [-0.2, 0) is 9.09 Å². The molecule has 1 heterocycles. The number of quaternary nitrogens is 1. The van der Waals surface area contributed by atoms with Crippen molar-refractivity contribution in [1.82, 2.24) is 0 Å². The number of hydrogen-bond acceptors (Lipinski definition) is 6. The predicted octanol–water partition coefficient (Wildman–Crippen LogP) is 2.04. The zero-order valence-electron chi connectivity index (χ0n) is 16.9. The summed E-state index contributed by atoms with van der Waals surface area (Å²) in [7, 11) is -1.47. The van der Waals surface area contributed by atoms with E-state index in [0.29, 0.717) is 41.2 Å². The highest BCUT2D eigenvalue weighted by Crippen LogP contribution is 2.41. The summed E-state index contributed by atoms with van der Waals surface area (Å²) in [4.78, 5) is 18.4. The number of ether oxygens (including phenoxy) is 3. The molecule has 0 bridgehead atoms. The predicted molar refractivity (Wildman–Crippen MR) is 105 cm³/mol. The molecule has 29 heavy (non-hydrogen) atoms. The smallest absolute Gasteiger partial charge is 0.474 e. The molecule has 10 heteroatoms. The van der Waals surface area contributed by atoms with Crippen LogP contribution >= 0.6 is 7.82 Å². The van der Waals surface area contributed by atoms with Crippen LogP contribution in [0.15, 0.2) is 18.2 Å². The number of hydrogen-bond donors (Lipinski definition) is 3. The van der Waals surface area contributed by atoms with Gasteiger partial charge in [-0.2, -0.15) is 0 Å². The van der Waals surface area contributed by atoms with Crippen molar-refractivity contribution in [3.8, 4) is 17.2 Å². The first-order valence-electron chi connectivity index (χ1n) is 9.89. The van der Waals surface area contributed by atoms with Gasteiger partial charge in [-0.1, -0.05) is 0 Å². The maximum Gasteiger partial charge on any atom is 0.474 e. The van der Waals surface area contributed by atoms with Gasteiger partial charge in [-0.25, -0.2) is 9.09 Å². The second kappa shape index (κ2) is 9.20. The topological polar surface area (TPSA) is 115 Å². The van der Waals surface area contributed by atoms with Gasteiger partial charge in [0.15, 0.2) is 24.3 Å². The van der Waals surface area contributed by atoms with Crippen LogP contribution in [0.2, 0.25) is 0 Å². The van der Waals surface area contributed by atoms with Crippen molar-refractivity contribution in [2.45, 2.75) is 50.4 Å². The molecule has 4 atom stereocenters. The molecule has 1 saturated carbocycles. The number of likely N-dealkylation sites (tertiary alicyclic amines) is 1. The van der Waals surface area contributed by atoms with Crippen LogP contribution in [-0.4, -0.2) is 71.7 Å². The molecule has 1 aliphatic carbocycles. The summed E-state index contributed by atoms with van der Waals surface area (Å²) in [6.07, 6.45) is 3.58. The third-order valence-corrected chi connectivity index (χ3v) is 6.43. The molecule has 1 aromatic carbocycles. The average molecular weight is 432 g/mol. The molecule has 3 rings (SSSR count). The van der Waals surface area contributed by atoms with Crippen LogP contribution in [0.5, 0.6) is 17.2 Å². The van der Waals surface area contributed by atoms with E-state index < -0.39 is 13.9 Å². The van der Waals surface area contributed by atoms with E-state index in [-0.39, 0.29) is 18.9 Å². The van der Waals surface area contributed by atoms with Crippen LogP contribution in [0, 0.1) is 0 Å². The number of benzene rings is 1. The zero-order valence-corrected chi connectivity index (χ0v) is 17.8. The van der Waals surface area contributed by atoms with Gasteiger partial charge in [0.05, 0.1) is 20.8 Å². The van der Waals surface area contributed by atoms with Crippen molar-refractivity contribution in [3.63, 3.8) is 0 Å². The van der Waals surface area contributed by atoms with E-state index in [1.54, 1.807) is 26.4 Å². The van der Waals surface area contributed by atoms with E-state index in [9.17, 15) is 19.5 Å². The number of aliphatic hydroxyl groups excluding tert-OH is 1. The fraction of sp³-hybridized carbons (Fsp3) is 0.684. The van der Waals surface area contributed by atoms with Gasteiger partial charge in [0.1, 0.15) is 24.4 Å². The van der Waals surface area contributed by atoms with Gasteiger partial charge < -0.3 is 29.1 Å². The van der Waals surface area contributed by atoms with E-state index in [1.165, 1.54) is 0 Å². The normalized spacial score (nSPS) is 30.2. The lowest BCUT2D eigenvalue weighted by Crippen LogP contribution is -2.61. The summed E-state index contributed by atoms with van der Waals surface area (Å²) in [5, 5.41) is 10.2. The summed E-state index contributed by atoms with van der Waals surface area (Å²) in [6, 6.07) is 5.36. The minimum Gasteiger partial charge on any atom is -0.493 e. The zero-order chi connectivity index (χ0) is 21.1. The molecule has 0 spiro atoms. The highest BCUT2D eigenvalue weighted by Gasteiger charge is 2.50. The van der Waals surface area contributed by atoms with Gasteiger partial charge in [-0.3, -0.25) is 4.48 Å². The Balaban J connectivity index is 1.82. The molecule has 2 fully saturated rings. The molecule has 0 radical (unpaired) electrons. The number of phosphoric acid groups is 1. The first kappa shape index (κ1) is 22.3. The van der Waals surface area contributed by atoms with Gasteiger partial charge in [0, 0.05) is 18.9 Å². The molecular formula is C19H31NO8P+. The van der Waals surface area contributed by atoms with Crippen molar-refractivity contribution < 1.29 is 42.7 Å². The van der Waals surface area contributed by atoms with Crippen molar-refractivity contribution in [1.29, 1.82) is 0 Å². The molecule has 9 nitrogen and oxygen atoms in total. The van der Waals surface area contributed by atoms with Crippen LogP contribution in [0.3, 0.4) is 0 Å². The summed E-state index contributed by atoms with van der Waals surface area (Å²) >= 11 is 0. The highest BCUT2D eigenvalue weighted by atomic mass is 31.2. The molecule has 164 valence electrons. The van der Waals surface area contributed by atoms with Crippen molar-refractivity contribution in [3.05, 3.63) is 18.2 Å². The summed E-state index contributed by atoms with van der Waals surface area (Å²) in [6.45, 7) is 0.853. The third-order valence-electron chi connectivity index (χ3n) is 5.98. The van der Waals surface area contributed by atoms with E-state index >= 15 is 0 Å². The maximum absolute atomic E-state index is 11.3. The van der Waals surface area contributed by atoms with Crippen molar-refractivity contribution >= 4 is 7.82 Å². The number of phosphoric ester groups is 1. The van der Waals surface area contributed by atoms with Crippen molar-refractivity contribution in [2.24, 2.45) is 0 Å². The Morgan fingerprint density at radius 3 is 2.45 bits per heavy atom. The van der Waals surface area contributed by atoms with Gasteiger partial charge in [0.25, 0.3) is 0 Å². The van der Waals surface area contributed by atoms with Gasteiger partial charge in [0.2, 0.25) is 0 Å². The lowest BCUT2D eigenvalue weighted by Gasteiger charge is -2.46. The molecule has 0 unspecified atom stereocenters. The SMILES string of the molecule is COc1ccc(O[C@H]2CCCC[C@@H]2[N@@+]2(COP(=O)(O)O)CC[C@@H](O)C2)cc1OC. The molecule has 0 amide bonds. The number of nitrogens with zero attached hydrogens (tertiary/aromatic N) is 1. The van der Waals surface area contributed by atoms with E-state index in [4.69, 9.17) is 18.7 Å². The first-order chi connectivity index (χ1) is 13.8. The largest absolute Gasteiger partial charge is 0.493 e. The Bertz CT molecular complexity index is 741. The average Bonchev–Trinajstić information content (AvgIpc) is 3.08. The second-order valence-corrected chi connectivity index (χ2v) is 9.08. The quantitative estimate of drug-likeness (QED) is 0.422. The Hall–Kier alpha value is -1.35. The maximum atomic E-state index is 11.3. The molecule has 1 saturated heterocycles. The summed E-state index contributed by atoms with van der Waals surface area (Å²) in [5.41, 5.74) is 0. The summed E-state index contributed by atoms with van der Waals surface area (Å²) < 4.78 is 33.5. The molecule has 1 aromatic rings. The highest BCUT2D eigenvalue weighted by molar-refractivity contribution is 7.46. The van der Waals surface area contributed by atoms with E-state index in [2.05, 4.69) is 0 Å². The lowest BCUT2D eigenvalue weighted by atomic mass is 9.89. The van der Waals surface area contributed by atoms with Gasteiger partial charge in [-0.05, 0) is 31.4 Å². The van der Waals surface area contributed by atoms with Crippen LogP contribution in [0.25, 0.3) is 0 Å². The molecule has 3 N–H and O–H groups in total. The van der Waals surface area contributed by atoms with E-state index in [1.807, 2.05) is 6.07 Å². The Morgan fingerprint density at radius 2 is 1.83 bits per heavy atom. The number of rotatable bonds is 8. The number of methoxy groups -OCH3 is 2. The van der Waals surface area contributed by atoms with Crippen molar-refractivity contribution in [2.75, 3.05) is 34.0 Å². The fourth-order valence-electron chi connectivity index (χ4n) is 4.62. The second-order valence-electron chi connectivity index (χ2n) is 7.84. The lowest BCUT2D eigenvalue weighted by molar-refractivity contribution is -0.959. The van der Waals surface area contributed by atoms with Crippen LogP contribution in [0.4, 0.5) is 0 Å².